The Labute approximate surface area is 110 Å². The minimum absolute atomic E-state index is 0.158. The van der Waals surface area contributed by atoms with Crippen molar-refractivity contribution < 1.29 is 14.3 Å². The molecule has 0 spiro atoms. The predicted octanol–water partition coefficient (Wildman–Crippen LogP) is 2.51. The molecular weight excluding hydrogens is 230 g/mol. The van der Waals surface area contributed by atoms with Gasteiger partial charge in [0.25, 0.3) is 0 Å². The maximum absolute atomic E-state index is 12.0. The van der Waals surface area contributed by atoms with E-state index in [1.165, 1.54) is 32.8 Å². The number of amides is 1. The van der Waals surface area contributed by atoms with Crippen LogP contribution in [-0.2, 0) is 14.3 Å². The predicted molar refractivity (Wildman–Crippen MR) is 70.1 cm³/mol. The summed E-state index contributed by atoms with van der Waals surface area (Å²) in [6, 6.07) is 0.324. The maximum atomic E-state index is 12.0. The van der Waals surface area contributed by atoms with Gasteiger partial charge in [0, 0.05) is 19.0 Å². The van der Waals surface area contributed by atoms with Gasteiger partial charge < -0.3 is 9.64 Å². The van der Waals surface area contributed by atoms with E-state index in [-0.39, 0.29) is 11.9 Å². The topological polar surface area (TPSA) is 46.6 Å². The number of nitrogens with zero attached hydrogens (tertiary/aromatic N) is 1. The molecule has 4 nitrogen and oxygen atoms in total. The Kier molecular flexibility index (Phi) is 6.76. The minimum Gasteiger partial charge on any atom is -0.469 e. The lowest BCUT2D eigenvalue weighted by Gasteiger charge is -2.31. The van der Waals surface area contributed by atoms with Crippen molar-refractivity contribution in [2.24, 2.45) is 0 Å². The maximum Gasteiger partial charge on any atom is 0.307 e. The van der Waals surface area contributed by atoms with Crippen molar-refractivity contribution in [3.05, 3.63) is 0 Å². The molecule has 1 aliphatic carbocycles. The summed E-state index contributed by atoms with van der Waals surface area (Å²) in [6.45, 7) is 2.38. The third-order valence-electron chi connectivity index (χ3n) is 3.67. The van der Waals surface area contributed by atoms with Crippen molar-refractivity contribution in [1.29, 1.82) is 0 Å². The third-order valence-corrected chi connectivity index (χ3v) is 3.67. The molecule has 0 bridgehead atoms. The molecular formula is C14H25NO3. The molecule has 0 saturated heterocycles. The zero-order chi connectivity index (χ0) is 13.4. The van der Waals surface area contributed by atoms with Gasteiger partial charge in [0.1, 0.15) is 0 Å². The van der Waals surface area contributed by atoms with Crippen molar-refractivity contribution in [1.82, 2.24) is 4.90 Å². The van der Waals surface area contributed by atoms with E-state index in [0.717, 1.165) is 12.8 Å². The fourth-order valence-corrected chi connectivity index (χ4v) is 2.60. The largest absolute Gasteiger partial charge is 0.469 e. The van der Waals surface area contributed by atoms with Crippen molar-refractivity contribution in [2.75, 3.05) is 13.7 Å². The normalized spacial score (nSPS) is 17.0. The molecule has 0 aromatic rings. The Morgan fingerprint density at radius 3 is 2.28 bits per heavy atom. The molecule has 0 aromatic heterocycles. The summed E-state index contributed by atoms with van der Waals surface area (Å²) in [7, 11) is 1.39. The highest BCUT2D eigenvalue weighted by atomic mass is 16.5. The van der Waals surface area contributed by atoms with Gasteiger partial charge in [-0.3, -0.25) is 9.59 Å². The summed E-state index contributed by atoms with van der Waals surface area (Å²) in [4.78, 5) is 25.1. The summed E-state index contributed by atoms with van der Waals surface area (Å²) < 4.78 is 4.65. The van der Waals surface area contributed by atoms with Crippen molar-refractivity contribution in [3.63, 3.8) is 0 Å². The van der Waals surface area contributed by atoms with E-state index < -0.39 is 0 Å². The van der Waals surface area contributed by atoms with Crippen LogP contribution >= 0.6 is 0 Å². The van der Waals surface area contributed by atoms with E-state index in [9.17, 15) is 9.59 Å². The summed E-state index contributed by atoms with van der Waals surface area (Å²) in [5, 5.41) is 0. The van der Waals surface area contributed by atoms with Crippen LogP contribution < -0.4 is 0 Å². The van der Waals surface area contributed by atoms with Crippen LogP contribution in [-0.4, -0.2) is 36.5 Å². The molecule has 0 heterocycles. The minimum atomic E-state index is -0.238. The number of hydrogen-bond acceptors (Lipinski definition) is 3. The van der Waals surface area contributed by atoms with Gasteiger partial charge in [-0.1, -0.05) is 32.6 Å². The van der Waals surface area contributed by atoms with Crippen LogP contribution in [0.1, 0.15) is 58.3 Å². The molecule has 0 aliphatic heterocycles. The average Bonchev–Trinajstić information content (AvgIpc) is 2.67. The van der Waals surface area contributed by atoms with Crippen LogP contribution in [0.3, 0.4) is 0 Å². The molecule has 1 rings (SSSR count). The Morgan fingerprint density at radius 2 is 1.78 bits per heavy atom. The fraction of sp³-hybridized carbons (Fsp3) is 0.857. The summed E-state index contributed by atoms with van der Waals surface area (Å²) in [6.07, 6.45) is 7.88. The van der Waals surface area contributed by atoms with E-state index in [2.05, 4.69) is 4.74 Å². The lowest BCUT2D eigenvalue weighted by Crippen LogP contribution is -2.41. The quantitative estimate of drug-likeness (QED) is 0.560. The Morgan fingerprint density at radius 1 is 1.17 bits per heavy atom. The smallest absolute Gasteiger partial charge is 0.307 e. The number of methoxy groups -OCH3 is 1. The number of rotatable bonds is 5. The van der Waals surface area contributed by atoms with E-state index in [0.29, 0.717) is 25.4 Å². The molecule has 4 heteroatoms. The van der Waals surface area contributed by atoms with Crippen LogP contribution in [0.15, 0.2) is 0 Å². The van der Waals surface area contributed by atoms with Gasteiger partial charge in [0.05, 0.1) is 13.5 Å². The average molecular weight is 255 g/mol. The lowest BCUT2D eigenvalue weighted by molar-refractivity contribution is -0.142. The van der Waals surface area contributed by atoms with Gasteiger partial charge in [0.15, 0.2) is 0 Å². The first-order valence-corrected chi connectivity index (χ1v) is 7.05. The molecule has 0 radical (unpaired) electrons. The first-order valence-electron chi connectivity index (χ1n) is 7.05. The van der Waals surface area contributed by atoms with Crippen molar-refractivity contribution >= 4 is 11.9 Å². The molecule has 104 valence electrons. The number of esters is 1. The van der Waals surface area contributed by atoms with Gasteiger partial charge >= 0.3 is 5.97 Å². The monoisotopic (exact) mass is 255 g/mol. The number of carbonyl (C=O) groups is 2. The molecule has 1 fully saturated rings. The van der Waals surface area contributed by atoms with Crippen LogP contribution in [0.2, 0.25) is 0 Å². The van der Waals surface area contributed by atoms with Crippen molar-refractivity contribution in [2.45, 2.75) is 64.3 Å². The van der Waals surface area contributed by atoms with E-state index in [1.807, 2.05) is 11.8 Å². The Bertz CT molecular complexity index is 270. The highest BCUT2D eigenvalue weighted by Crippen LogP contribution is 2.22. The first kappa shape index (κ1) is 15.0. The SMILES string of the molecule is CCC(=O)N(CCC(=O)OC)C1CCCCCC1. The second-order valence-electron chi connectivity index (χ2n) is 4.91. The Balaban J connectivity index is 2.58. The number of hydrogen-bond donors (Lipinski definition) is 0. The zero-order valence-corrected chi connectivity index (χ0v) is 11.6. The van der Waals surface area contributed by atoms with Crippen molar-refractivity contribution in [3.8, 4) is 0 Å². The van der Waals surface area contributed by atoms with Crippen LogP contribution in [0.25, 0.3) is 0 Å². The Hall–Kier alpha value is -1.06. The molecule has 0 atom stereocenters. The van der Waals surface area contributed by atoms with Crippen LogP contribution in [0, 0.1) is 0 Å². The summed E-state index contributed by atoms with van der Waals surface area (Å²) in [5.74, 6) is -0.0803. The fourth-order valence-electron chi connectivity index (χ4n) is 2.60. The third kappa shape index (κ3) is 4.67. The van der Waals surface area contributed by atoms with Gasteiger partial charge in [-0.15, -0.1) is 0 Å². The molecule has 0 N–H and O–H groups in total. The molecule has 1 amide bonds. The first-order chi connectivity index (χ1) is 8.69. The molecule has 0 unspecified atom stereocenters. The molecule has 1 saturated carbocycles. The lowest BCUT2D eigenvalue weighted by atomic mass is 10.1. The van der Waals surface area contributed by atoms with Crippen LogP contribution in [0.4, 0.5) is 0 Å². The summed E-state index contributed by atoms with van der Waals surface area (Å²) >= 11 is 0. The highest BCUT2D eigenvalue weighted by Gasteiger charge is 2.23. The van der Waals surface area contributed by atoms with Gasteiger partial charge in [-0.2, -0.15) is 0 Å². The standard InChI is InChI=1S/C14H25NO3/c1-3-13(16)15(11-10-14(17)18-2)12-8-6-4-5-7-9-12/h12H,3-11H2,1-2H3. The molecule has 0 aromatic carbocycles. The molecule has 1 aliphatic rings. The highest BCUT2D eigenvalue weighted by molar-refractivity contribution is 5.77. The second kappa shape index (κ2) is 8.11. The van der Waals surface area contributed by atoms with E-state index in [4.69, 9.17) is 0 Å². The van der Waals surface area contributed by atoms with E-state index in [1.54, 1.807) is 0 Å². The van der Waals surface area contributed by atoms with Gasteiger partial charge in [0.2, 0.25) is 5.91 Å². The van der Waals surface area contributed by atoms with Gasteiger partial charge in [-0.25, -0.2) is 0 Å². The number of carbonyl (C=O) groups excluding carboxylic acids is 2. The van der Waals surface area contributed by atoms with Crippen LogP contribution in [0.5, 0.6) is 0 Å². The second-order valence-corrected chi connectivity index (χ2v) is 4.91. The van der Waals surface area contributed by atoms with Gasteiger partial charge in [-0.05, 0) is 12.8 Å². The molecule has 18 heavy (non-hydrogen) atoms. The number of ether oxygens (including phenoxy) is 1. The van der Waals surface area contributed by atoms with E-state index >= 15 is 0 Å². The zero-order valence-electron chi connectivity index (χ0n) is 11.6. The summed E-state index contributed by atoms with van der Waals surface area (Å²) in [5.41, 5.74) is 0.